The van der Waals surface area contributed by atoms with Gasteiger partial charge in [0.1, 0.15) is 5.75 Å². The Morgan fingerprint density at radius 2 is 1.64 bits per heavy atom. The van der Waals surface area contributed by atoms with Crippen LogP contribution in [0.2, 0.25) is 18.1 Å². The number of benzene rings is 1. The van der Waals surface area contributed by atoms with Gasteiger partial charge in [-0.1, -0.05) is 48.5 Å². The molecule has 3 heteroatoms. The zero-order valence-corrected chi connectivity index (χ0v) is 16.7. The SMILES string of the molecule is CC(C)C(=O)c1ccc(O[Si](C)(C)C(C)(C)C)c(C(C)C)c1. The molecular weight excluding hydrogens is 288 g/mol. The van der Waals surface area contributed by atoms with Gasteiger partial charge in [-0.2, -0.15) is 0 Å². The van der Waals surface area contributed by atoms with E-state index in [9.17, 15) is 4.79 Å². The Hall–Kier alpha value is -1.09. The van der Waals surface area contributed by atoms with Gasteiger partial charge in [0.05, 0.1) is 0 Å². The molecule has 0 aromatic heterocycles. The topological polar surface area (TPSA) is 26.3 Å². The monoisotopic (exact) mass is 320 g/mol. The maximum Gasteiger partial charge on any atom is 0.250 e. The Bertz CT molecular complexity index is 537. The minimum Gasteiger partial charge on any atom is -0.543 e. The van der Waals surface area contributed by atoms with Gasteiger partial charge < -0.3 is 4.43 Å². The second kappa shape index (κ2) is 6.57. The lowest BCUT2D eigenvalue weighted by Gasteiger charge is -2.37. The lowest BCUT2D eigenvalue weighted by Crippen LogP contribution is -2.44. The third kappa shape index (κ3) is 4.22. The van der Waals surface area contributed by atoms with Gasteiger partial charge >= 0.3 is 0 Å². The minimum absolute atomic E-state index is 0.0205. The first-order valence-corrected chi connectivity index (χ1v) is 11.1. The van der Waals surface area contributed by atoms with E-state index in [0.717, 1.165) is 16.9 Å². The van der Waals surface area contributed by atoms with Crippen molar-refractivity contribution >= 4 is 14.1 Å². The highest BCUT2D eigenvalue weighted by Crippen LogP contribution is 2.39. The molecule has 0 unspecified atom stereocenters. The van der Waals surface area contributed by atoms with Crippen LogP contribution in [0, 0.1) is 5.92 Å². The third-order valence-corrected chi connectivity index (χ3v) is 8.95. The first-order chi connectivity index (χ1) is 9.86. The van der Waals surface area contributed by atoms with E-state index in [2.05, 4.69) is 47.7 Å². The number of carbonyl (C=O) groups is 1. The van der Waals surface area contributed by atoms with Crippen molar-refractivity contribution in [3.63, 3.8) is 0 Å². The molecule has 0 heterocycles. The van der Waals surface area contributed by atoms with Crippen LogP contribution < -0.4 is 4.43 Å². The van der Waals surface area contributed by atoms with Gasteiger partial charge in [0.15, 0.2) is 5.78 Å². The summed E-state index contributed by atoms with van der Waals surface area (Å²) in [5.41, 5.74) is 1.93. The molecule has 0 saturated carbocycles. The first kappa shape index (κ1) is 19.0. The summed E-state index contributed by atoms with van der Waals surface area (Å²) in [5.74, 6) is 1.49. The van der Waals surface area contributed by atoms with Crippen LogP contribution in [0.5, 0.6) is 5.75 Å². The molecule has 0 aliphatic heterocycles. The summed E-state index contributed by atoms with van der Waals surface area (Å²) < 4.78 is 6.48. The summed E-state index contributed by atoms with van der Waals surface area (Å²) in [6, 6.07) is 5.93. The predicted molar refractivity (Wildman–Crippen MR) is 97.5 cm³/mol. The van der Waals surface area contributed by atoms with E-state index in [1.54, 1.807) is 0 Å². The molecule has 1 rings (SSSR count). The van der Waals surface area contributed by atoms with E-state index in [1.807, 2.05) is 32.0 Å². The van der Waals surface area contributed by atoms with Crippen LogP contribution >= 0.6 is 0 Å². The molecular formula is C19H32O2Si. The molecule has 0 amide bonds. The largest absolute Gasteiger partial charge is 0.543 e. The average Bonchev–Trinajstić information content (AvgIpc) is 2.36. The Morgan fingerprint density at radius 3 is 2.05 bits per heavy atom. The molecule has 0 aliphatic carbocycles. The Kier molecular flexibility index (Phi) is 5.66. The number of Topliss-reactive ketones (excluding diaryl/α,β-unsaturated/α-hetero) is 1. The summed E-state index contributed by atoms with van der Waals surface area (Å²) in [6.07, 6.45) is 0. The van der Waals surface area contributed by atoms with Crippen molar-refractivity contribution in [1.82, 2.24) is 0 Å². The van der Waals surface area contributed by atoms with Gasteiger partial charge in [-0.3, -0.25) is 4.79 Å². The van der Waals surface area contributed by atoms with Crippen molar-refractivity contribution in [3.8, 4) is 5.75 Å². The summed E-state index contributed by atoms with van der Waals surface area (Å²) in [6.45, 7) is 19.4. The van der Waals surface area contributed by atoms with Crippen LogP contribution in [0.1, 0.15) is 70.3 Å². The lowest BCUT2D eigenvalue weighted by atomic mass is 9.95. The molecule has 0 atom stereocenters. The minimum atomic E-state index is -1.87. The zero-order chi connectivity index (χ0) is 17.3. The highest BCUT2D eigenvalue weighted by Gasteiger charge is 2.39. The molecule has 0 aliphatic rings. The molecule has 2 nitrogen and oxygen atoms in total. The fourth-order valence-electron chi connectivity index (χ4n) is 2.01. The molecule has 1 aromatic carbocycles. The molecule has 0 spiro atoms. The molecule has 0 bridgehead atoms. The summed E-state index contributed by atoms with van der Waals surface area (Å²) >= 11 is 0. The highest BCUT2D eigenvalue weighted by molar-refractivity contribution is 6.74. The Labute approximate surface area is 137 Å². The van der Waals surface area contributed by atoms with E-state index in [-0.39, 0.29) is 16.7 Å². The van der Waals surface area contributed by atoms with Gasteiger partial charge in [0, 0.05) is 11.5 Å². The van der Waals surface area contributed by atoms with Gasteiger partial charge in [0.2, 0.25) is 8.32 Å². The normalized spacial score (nSPS) is 12.9. The van der Waals surface area contributed by atoms with Gasteiger partial charge in [-0.25, -0.2) is 0 Å². The number of hydrogen-bond acceptors (Lipinski definition) is 2. The van der Waals surface area contributed by atoms with Gasteiger partial charge in [0.25, 0.3) is 0 Å². The van der Waals surface area contributed by atoms with Crippen molar-refractivity contribution < 1.29 is 9.22 Å². The molecule has 0 N–H and O–H groups in total. The van der Waals surface area contributed by atoms with Crippen LogP contribution in [-0.4, -0.2) is 14.1 Å². The zero-order valence-electron chi connectivity index (χ0n) is 15.7. The third-order valence-electron chi connectivity index (χ3n) is 4.61. The summed E-state index contributed by atoms with van der Waals surface area (Å²) in [5, 5.41) is 0.160. The fraction of sp³-hybridized carbons (Fsp3) is 0.632. The Balaban J connectivity index is 3.25. The van der Waals surface area contributed by atoms with Crippen LogP contribution in [0.25, 0.3) is 0 Å². The van der Waals surface area contributed by atoms with Crippen molar-refractivity contribution in [3.05, 3.63) is 29.3 Å². The number of carbonyl (C=O) groups excluding carboxylic acids is 1. The molecule has 22 heavy (non-hydrogen) atoms. The quantitative estimate of drug-likeness (QED) is 0.489. The number of ketones is 1. The van der Waals surface area contributed by atoms with Crippen LogP contribution in [-0.2, 0) is 0 Å². The standard InChI is InChI=1S/C19H32O2Si/c1-13(2)16-12-15(18(20)14(3)4)10-11-17(16)21-22(8,9)19(5,6)7/h10-14H,1-9H3. The second-order valence-electron chi connectivity index (χ2n) is 8.29. The summed E-state index contributed by atoms with van der Waals surface area (Å²) in [7, 11) is -1.87. The molecule has 1 aromatic rings. The number of hydrogen-bond donors (Lipinski definition) is 0. The van der Waals surface area contributed by atoms with Crippen molar-refractivity contribution in [2.24, 2.45) is 5.92 Å². The highest BCUT2D eigenvalue weighted by atomic mass is 28.4. The fourth-order valence-corrected chi connectivity index (χ4v) is 3.05. The predicted octanol–water partition coefficient (Wildman–Crippen LogP) is 6.03. The maximum atomic E-state index is 12.2. The van der Waals surface area contributed by atoms with Gasteiger partial charge in [-0.15, -0.1) is 0 Å². The smallest absolute Gasteiger partial charge is 0.250 e. The number of rotatable bonds is 5. The van der Waals surface area contributed by atoms with Crippen molar-refractivity contribution in [2.75, 3.05) is 0 Å². The van der Waals surface area contributed by atoms with Crippen molar-refractivity contribution in [2.45, 2.75) is 72.5 Å². The van der Waals surface area contributed by atoms with Crippen LogP contribution in [0.4, 0.5) is 0 Å². The Morgan fingerprint density at radius 1 is 1.09 bits per heavy atom. The van der Waals surface area contributed by atoms with Crippen LogP contribution in [0.15, 0.2) is 18.2 Å². The van der Waals surface area contributed by atoms with E-state index in [4.69, 9.17) is 4.43 Å². The lowest BCUT2D eigenvalue weighted by molar-refractivity contribution is 0.0939. The first-order valence-electron chi connectivity index (χ1n) is 8.24. The summed E-state index contributed by atoms with van der Waals surface area (Å²) in [4.78, 5) is 12.2. The molecule has 124 valence electrons. The van der Waals surface area contributed by atoms with E-state index < -0.39 is 8.32 Å². The average molecular weight is 321 g/mol. The van der Waals surface area contributed by atoms with E-state index in [0.29, 0.717) is 5.92 Å². The molecule has 0 fully saturated rings. The van der Waals surface area contributed by atoms with E-state index in [1.165, 1.54) is 0 Å². The van der Waals surface area contributed by atoms with E-state index >= 15 is 0 Å². The molecule has 0 radical (unpaired) electrons. The van der Waals surface area contributed by atoms with Crippen LogP contribution in [0.3, 0.4) is 0 Å². The second-order valence-corrected chi connectivity index (χ2v) is 13.0. The molecule has 0 saturated heterocycles. The van der Waals surface area contributed by atoms with Crippen molar-refractivity contribution in [1.29, 1.82) is 0 Å². The van der Waals surface area contributed by atoms with Gasteiger partial charge in [-0.05, 0) is 47.8 Å². The maximum absolute atomic E-state index is 12.2.